The molecule has 0 aromatic heterocycles. The standard InChI is InChI=1S/C16H16Cl3NO2/c1-21-15-8-10(6-7-20)2-5-14(15)22-9-11-12(17)3-4-13(18)16(11)19/h2-5,8H,6-7,9,20H2,1H3. The van der Waals surface area contributed by atoms with E-state index < -0.39 is 0 Å². The van der Waals surface area contributed by atoms with Crippen LogP contribution in [0.3, 0.4) is 0 Å². The summed E-state index contributed by atoms with van der Waals surface area (Å²) in [6.07, 6.45) is 0.780. The van der Waals surface area contributed by atoms with Crippen molar-refractivity contribution in [3.05, 3.63) is 56.5 Å². The Hall–Kier alpha value is -1.13. The summed E-state index contributed by atoms with van der Waals surface area (Å²) in [6, 6.07) is 9.04. The van der Waals surface area contributed by atoms with Gasteiger partial charge in [-0.1, -0.05) is 40.9 Å². The van der Waals surface area contributed by atoms with Crippen LogP contribution in [0.15, 0.2) is 30.3 Å². The van der Waals surface area contributed by atoms with Crippen LogP contribution in [0.4, 0.5) is 0 Å². The maximum Gasteiger partial charge on any atom is 0.161 e. The molecule has 2 aromatic carbocycles. The molecule has 0 saturated carbocycles. The number of rotatable bonds is 6. The molecular formula is C16H16Cl3NO2. The fourth-order valence-corrected chi connectivity index (χ4v) is 2.66. The topological polar surface area (TPSA) is 44.5 Å². The van der Waals surface area contributed by atoms with Crippen LogP contribution in [-0.2, 0) is 13.0 Å². The minimum atomic E-state index is 0.199. The minimum Gasteiger partial charge on any atom is -0.493 e. The smallest absolute Gasteiger partial charge is 0.161 e. The zero-order valence-electron chi connectivity index (χ0n) is 12.0. The quantitative estimate of drug-likeness (QED) is 0.757. The third-order valence-electron chi connectivity index (χ3n) is 3.17. The highest BCUT2D eigenvalue weighted by molar-refractivity contribution is 6.44. The molecule has 0 aliphatic carbocycles. The zero-order chi connectivity index (χ0) is 16.1. The monoisotopic (exact) mass is 359 g/mol. The van der Waals surface area contributed by atoms with Crippen LogP contribution in [0, 0.1) is 0 Å². The summed E-state index contributed by atoms with van der Waals surface area (Å²) >= 11 is 18.3. The highest BCUT2D eigenvalue weighted by Gasteiger charge is 2.12. The van der Waals surface area contributed by atoms with Crippen LogP contribution in [0.25, 0.3) is 0 Å². The molecule has 0 aliphatic rings. The van der Waals surface area contributed by atoms with Crippen LogP contribution >= 0.6 is 34.8 Å². The van der Waals surface area contributed by atoms with E-state index in [1.165, 1.54) is 0 Å². The van der Waals surface area contributed by atoms with Gasteiger partial charge in [0.2, 0.25) is 0 Å². The highest BCUT2D eigenvalue weighted by atomic mass is 35.5. The molecule has 0 fully saturated rings. The first-order valence-corrected chi connectivity index (χ1v) is 7.82. The Labute approximate surface area is 144 Å². The van der Waals surface area contributed by atoms with Crippen molar-refractivity contribution in [1.29, 1.82) is 0 Å². The molecule has 0 bridgehead atoms. The van der Waals surface area contributed by atoms with Gasteiger partial charge in [-0.05, 0) is 42.8 Å². The molecule has 0 amide bonds. The van der Waals surface area contributed by atoms with E-state index in [0.717, 1.165) is 12.0 Å². The van der Waals surface area contributed by atoms with Gasteiger partial charge in [0.25, 0.3) is 0 Å². The second-order valence-electron chi connectivity index (χ2n) is 4.63. The van der Waals surface area contributed by atoms with Crippen molar-refractivity contribution < 1.29 is 9.47 Å². The number of ether oxygens (including phenoxy) is 2. The van der Waals surface area contributed by atoms with Crippen LogP contribution < -0.4 is 15.2 Å². The summed E-state index contributed by atoms with van der Waals surface area (Å²) in [6.45, 7) is 0.780. The number of halogens is 3. The zero-order valence-corrected chi connectivity index (χ0v) is 14.3. The third kappa shape index (κ3) is 3.99. The molecule has 0 saturated heterocycles. The first-order chi connectivity index (χ1) is 10.6. The van der Waals surface area contributed by atoms with E-state index in [2.05, 4.69) is 0 Å². The lowest BCUT2D eigenvalue weighted by molar-refractivity contribution is 0.284. The SMILES string of the molecule is COc1cc(CCN)ccc1OCc1c(Cl)ccc(Cl)c1Cl. The molecule has 0 radical (unpaired) electrons. The Morgan fingerprint density at radius 3 is 2.41 bits per heavy atom. The van der Waals surface area contributed by atoms with Crippen molar-refractivity contribution in [2.75, 3.05) is 13.7 Å². The van der Waals surface area contributed by atoms with Gasteiger partial charge in [0.05, 0.1) is 17.2 Å². The summed E-state index contributed by atoms with van der Waals surface area (Å²) < 4.78 is 11.1. The Morgan fingerprint density at radius 1 is 1.00 bits per heavy atom. The van der Waals surface area contributed by atoms with Crippen molar-refractivity contribution in [1.82, 2.24) is 0 Å². The minimum absolute atomic E-state index is 0.199. The summed E-state index contributed by atoms with van der Waals surface area (Å²) in [5.41, 5.74) is 7.29. The van der Waals surface area contributed by atoms with Gasteiger partial charge in [-0.15, -0.1) is 0 Å². The lowest BCUT2D eigenvalue weighted by atomic mass is 10.1. The fraction of sp³-hybridized carbons (Fsp3) is 0.250. The molecule has 0 unspecified atom stereocenters. The highest BCUT2D eigenvalue weighted by Crippen LogP contribution is 2.34. The van der Waals surface area contributed by atoms with Crippen molar-refractivity contribution in [3.63, 3.8) is 0 Å². The normalized spacial score (nSPS) is 10.6. The first kappa shape index (κ1) is 17.2. The fourth-order valence-electron chi connectivity index (χ4n) is 2.00. The lowest BCUT2D eigenvalue weighted by Gasteiger charge is -2.14. The molecule has 2 rings (SSSR count). The average Bonchev–Trinajstić information content (AvgIpc) is 2.52. The van der Waals surface area contributed by atoms with Crippen molar-refractivity contribution >= 4 is 34.8 Å². The molecule has 0 aliphatic heterocycles. The summed E-state index contributed by atoms with van der Waals surface area (Å²) in [5.74, 6) is 1.25. The van der Waals surface area contributed by atoms with Gasteiger partial charge in [-0.2, -0.15) is 0 Å². The van der Waals surface area contributed by atoms with Crippen molar-refractivity contribution in [2.24, 2.45) is 5.73 Å². The van der Waals surface area contributed by atoms with E-state index in [1.807, 2.05) is 18.2 Å². The Kier molecular flexibility index (Phi) is 6.21. The van der Waals surface area contributed by atoms with E-state index in [-0.39, 0.29) is 6.61 Å². The number of nitrogens with two attached hydrogens (primary N) is 1. The molecule has 2 aromatic rings. The van der Waals surface area contributed by atoms with Gasteiger partial charge < -0.3 is 15.2 Å². The van der Waals surface area contributed by atoms with E-state index in [4.69, 9.17) is 50.0 Å². The second-order valence-corrected chi connectivity index (χ2v) is 5.83. The summed E-state index contributed by atoms with van der Waals surface area (Å²) in [4.78, 5) is 0. The van der Waals surface area contributed by atoms with E-state index in [9.17, 15) is 0 Å². The van der Waals surface area contributed by atoms with Crippen molar-refractivity contribution in [3.8, 4) is 11.5 Å². The Balaban J connectivity index is 2.20. The molecule has 0 atom stereocenters. The number of hydrogen-bond donors (Lipinski definition) is 1. The molecule has 6 heteroatoms. The Bertz CT molecular complexity index is 662. The third-order valence-corrected chi connectivity index (χ3v) is 4.37. The molecule has 3 nitrogen and oxygen atoms in total. The molecule has 118 valence electrons. The van der Waals surface area contributed by atoms with Gasteiger partial charge in [-0.3, -0.25) is 0 Å². The summed E-state index contributed by atoms with van der Waals surface area (Å²) in [7, 11) is 1.59. The van der Waals surface area contributed by atoms with Crippen molar-refractivity contribution in [2.45, 2.75) is 13.0 Å². The largest absolute Gasteiger partial charge is 0.493 e. The van der Waals surface area contributed by atoms with Crippen LogP contribution in [0.5, 0.6) is 11.5 Å². The molecule has 22 heavy (non-hydrogen) atoms. The Morgan fingerprint density at radius 2 is 1.73 bits per heavy atom. The lowest BCUT2D eigenvalue weighted by Crippen LogP contribution is -2.04. The number of benzene rings is 2. The number of methoxy groups -OCH3 is 1. The molecule has 0 spiro atoms. The van der Waals surface area contributed by atoms with Gasteiger partial charge in [0.15, 0.2) is 11.5 Å². The maximum atomic E-state index is 6.16. The number of hydrogen-bond acceptors (Lipinski definition) is 3. The van der Waals surface area contributed by atoms with Gasteiger partial charge in [-0.25, -0.2) is 0 Å². The van der Waals surface area contributed by atoms with Gasteiger partial charge in [0.1, 0.15) is 6.61 Å². The van der Waals surface area contributed by atoms with Gasteiger partial charge >= 0.3 is 0 Å². The molecule has 2 N–H and O–H groups in total. The van der Waals surface area contributed by atoms with Crippen LogP contribution in [-0.4, -0.2) is 13.7 Å². The van der Waals surface area contributed by atoms with E-state index in [0.29, 0.717) is 38.7 Å². The van der Waals surface area contributed by atoms with Gasteiger partial charge in [0, 0.05) is 10.6 Å². The van der Waals surface area contributed by atoms with E-state index in [1.54, 1.807) is 19.2 Å². The van der Waals surface area contributed by atoms with Crippen LogP contribution in [0.2, 0.25) is 15.1 Å². The maximum absolute atomic E-state index is 6.16. The van der Waals surface area contributed by atoms with E-state index >= 15 is 0 Å². The molecule has 0 heterocycles. The second kappa shape index (κ2) is 7.93. The predicted octanol–water partition coefficient (Wildman–Crippen LogP) is 4.74. The predicted molar refractivity (Wildman–Crippen MR) is 91.6 cm³/mol. The first-order valence-electron chi connectivity index (χ1n) is 6.69. The summed E-state index contributed by atoms with van der Waals surface area (Å²) in [5, 5.41) is 1.34. The molecular weight excluding hydrogens is 345 g/mol. The average molecular weight is 361 g/mol. The van der Waals surface area contributed by atoms with Crippen LogP contribution in [0.1, 0.15) is 11.1 Å².